The number of aromatic nitrogens is 1. The quantitative estimate of drug-likeness (QED) is 0.755. The average Bonchev–Trinajstić information content (AvgIpc) is 2.77. The molecule has 16 heavy (non-hydrogen) atoms. The molecule has 1 aromatic rings. The maximum Gasteiger partial charge on any atom is 0.258 e. The van der Waals surface area contributed by atoms with E-state index in [1.165, 1.54) is 18.5 Å². The highest BCUT2D eigenvalue weighted by Crippen LogP contribution is 2.22. The Balaban J connectivity index is 2.22. The fourth-order valence-electron chi connectivity index (χ4n) is 2.07. The number of carbonyl (C=O) groups is 1. The molecule has 2 heterocycles. The minimum atomic E-state index is -0.159. The zero-order chi connectivity index (χ0) is 11.5. The van der Waals surface area contributed by atoms with Crippen LogP contribution in [0.2, 0.25) is 0 Å². The molecule has 0 spiro atoms. The van der Waals surface area contributed by atoms with Crippen LogP contribution in [0.5, 0.6) is 5.75 Å². The van der Waals surface area contributed by atoms with Crippen LogP contribution in [0.25, 0.3) is 0 Å². The zero-order valence-corrected chi connectivity index (χ0v) is 8.97. The first kappa shape index (κ1) is 10.9. The summed E-state index contributed by atoms with van der Waals surface area (Å²) < 4.78 is 0. The van der Waals surface area contributed by atoms with Gasteiger partial charge in [-0.1, -0.05) is 0 Å². The van der Waals surface area contributed by atoms with Crippen molar-refractivity contribution in [3.63, 3.8) is 0 Å². The van der Waals surface area contributed by atoms with Crippen LogP contribution in [0.4, 0.5) is 0 Å². The molecule has 0 aromatic carbocycles. The van der Waals surface area contributed by atoms with Crippen LogP contribution >= 0.6 is 0 Å². The largest absolute Gasteiger partial charge is 0.505 e. The van der Waals surface area contributed by atoms with Gasteiger partial charge in [-0.05, 0) is 18.9 Å². The van der Waals surface area contributed by atoms with Crippen molar-refractivity contribution < 1.29 is 9.90 Å². The van der Waals surface area contributed by atoms with Gasteiger partial charge in [0.25, 0.3) is 5.91 Å². The predicted molar refractivity (Wildman–Crippen MR) is 59.0 cm³/mol. The Labute approximate surface area is 93.9 Å². The van der Waals surface area contributed by atoms with Gasteiger partial charge in [0.05, 0.1) is 11.8 Å². The Morgan fingerprint density at radius 2 is 2.50 bits per heavy atom. The average molecular weight is 221 g/mol. The molecule has 86 valence electrons. The van der Waals surface area contributed by atoms with E-state index in [4.69, 9.17) is 5.73 Å². The highest BCUT2D eigenvalue weighted by atomic mass is 16.3. The summed E-state index contributed by atoms with van der Waals surface area (Å²) in [4.78, 5) is 17.6. The molecule has 0 bridgehead atoms. The summed E-state index contributed by atoms with van der Waals surface area (Å²) in [6.45, 7) is 1.18. The Morgan fingerprint density at radius 3 is 3.19 bits per heavy atom. The standard InChI is InChI=1S/C11H15N3O2/c12-6-8-2-1-5-14(8)11(16)9-3-4-13-7-10(9)15/h3-4,7-8,15H,1-2,5-6,12H2. The van der Waals surface area contributed by atoms with Crippen LogP contribution in [0.1, 0.15) is 23.2 Å². The lowest BCUT2D eigenvalue weighted by atomic mass is 10.2. The molecule has 0 saturated carbocycles. The van der Waals surface area contributed by atoms with Gasteiger partial charge in [0, 0.05) is 25.3 Å². The third-order valence-corrected chi connectivity index (χ3v) is 2.94. The van der Waals surface area contributed by atoms with Gasteiger partial charge < -0.3 is 15.7 Å². The summed E-state index contributed by atoms with van der Waals surface area (Å²) in [6, 6.07) is 1.63. The van der Waals surface area contributed by atoms with Crippen molar-refractivity contribution in [3.05, 3.63) is 24.0 Å². The summed E-state index contributed by atoms with van der Waals surface area (Å²) in [5.41, 5.74) is 5.91. The molecule has 1 amide bonds. The van der Waals surface area contributed by atoms with Gasteiger partial charge in [-0.15, -0.1) is 0 Å². The van der Waals surface area contributed by atoms with Crippen molar-refractivity contribution in [3.8, 4) is 5.75 Å². The highest BCUT2D eigenvalue weighted by Gasteiger charge is 2.29. The fraction of sp³-hybridized carbons (Fsp3) is 0.455. The number of carbonyl (C=O) groups excluding carboxylic acids is 1. The topological polar surface area (TPSA) is 79.5 Å². The minimum absolute atomic E-state index is 0.0739. The van der Waals surface area contributed by atoms with E-state index in [1.54, 1.807) is 4.90 Å². The van der Waals surface area contributed by atoms with Crippen molar-refractivity contribution in [1.29, 1.82) is 0 Å². The second-order valence-electron chi connectivity index (χ2n) is 3.92. The lowest BCUT2D eigenvalue weighted by Gasteiger charge is -2.23. The predicted octanol–water partition coefficient (Wildman–Crippen LogP) is 0.350. The molecule has 2 rings (SSSR count). The molecular formula is C11H15N3O2. The van der Waals surface area contributed by atoms with Crippen molar-refractivity contribution >= 4 is 5.91 Å². The Hall–Kier alpha value is -1.62. The van der Waals surface area contributed by atoms with Gasteiger partial charge in [-0.2, -0.15) is 0 Å². The van der Waals surface area contributed by atoms with E-state index in [0.29, 0.717) is 18.7 Å². The highest BCUT2D eigenvalue weighted by molar-refractivity contribution is 5.97. The van der Waals surface area contributed by atoms with Crippen LogP contribution < -0.4 is 5.73 Å². The Morgan fingerprint density at radius 1 is 1.69 bits per heavy atom. The number of hydrogen-bond donors (Lipinski definition) is 2. The lowest BCUT2D eigenvalue weighted by molar-refractivity contribution is 0.0738. The molecule has 1 atom stereocenters. The van der Waals surface area contributed by atoms with Crippen molar-refractivity contribution in [1.82, 2.24) is 9.88 Å². The van der Waals surface area contributed by atoms with Crippen LogP contribution in [-0.4, -0.2) is 40.0 Å². The van der Waals surface area contributed by atoms with Crippen LogP contribution in [-0.2, 0) is 0 Å². The number of nitrogens with zero attached hydrogens (tertiary/aromatic N) is 2. The van der Waals surface area contributed by atoms with Crippen molar-refractivity contribution in [2.45, 2.75) is 18.9 Å². The van der Waals surface area contributed by atoms with E-state index in [0.717, 1.165) is 12.8 Å². The van der Waals surface area contributed by atoms with E-state index in [9.17, 15) is 9.90 Å². The SMILES string of the molecule is NCC1CCCN1C(=O)c1ccncc1O. The normalized spacial score (nSPS) is 20.1. The van der Waals surface area contributed by atoms with Crippen LogP contribution in [0.3, 0.4) is 0 Å². The summed E-state index contributed by atoms with van der Waals surface area (Å²) in [5.74, 6) is -0.233. The van der Waals surface area contributed by atoms with Crippen molar-refractivity contribution in [2.75, 3.05) is 13.1 Å². The summed E-state index contributed by atoms with van der Waals surface area (Å²) >= 11 is 0. The monoisotopic (exact) mass is 221 g/mol. The first-order chi connectivity index (χ1) is 7.74. The Kier molecular flexibility index (Phi) is 3.05. The van der Waals surface area contributed by atoms with Crippen LogP contribution in [0, 0.1) is 0 Å². The molecule has 5 heteroatoms. The van der Waals surface area contributed by atoms with E-state index in [-0.39, 0.29) is 17.7 Å². The van der Waals surface area contributed by atoms with Gasteiger partial charge in [-0.3, -0.25) is 9.78 Å². The lowest BCUT2D eigenvalue weighted by Crippen LogP contribution is -2.39. The number of nitrogens with two attached hydrogens (primary N) is 1. The van der Waals surface area contributed by atoms with Gasteiger partial charge >= 0.3 is 0 Å². The van der Waals surface area contributed by atoms with Gasteiger partial charge in [-0.25, -0.2) is 0 Å². The second-order valence-corrected chi connectivity index (χ2v) is 3.92. The van der Waals surface area contributed by atoms with E-state index >= 15 is 0 Å². The molecule has 1 aromatic heterocycles. The first-order valence-corrected chi connectivity index (χ1v) is 5.38. The smallest absolute Gasteiger partial charge is 0.258 e. The first-order valence-electron chi connectivity index (χ1n) is 5.38. The number of likely N-dealkylation sites (tertiary alicyclic amines) is 1. The van der Waals surface area contributed by atoms with Crippen molar-refractivity contribution in [2.24, 2.45) is 5.73 Å². The van der Waals surface area contributed by atoms with Gasteiger partial charge in [0.1, 0.15) is 5.75 Å². The number of aromatic hydroxyl groups is 1. The number of pyridine rings is 1. The third-order valence-electron chi connectivity index (χ3n) is 2.94. The number of hydrogen-bond acceptors (Lipinski definition) is 4. The second kappa shape index (κ2) is 4.49. The summed E-state index contributed by atoms with van der Waals surface area (Å²) in [7, 11) is 0. The van der Waals surface area contributed by atoms with E-state index in [1.807, 2.05) is 0 Å². The molecule has 1 aliphatic rings. The molecule has 0 aliphatic carbocycles. The molecule has 3 N–H and O–H groups in total. The number of rotatable bonds is 2. The van der Waals surface area contributed by atoms with E-state index in [2.05, 4.69) is 4.98 Å². The van der Waals surface area contributed by atoms with Gasteiger partial charge in [0.2, 0.25) is 0 Å². The summed E-state index contributed by atoms with van der Waals surface area (Å²) in [5, 5.41) is 9.56. The molecular weight excluding hydrogens is 206 g/mol. The van der Waals surface area contributed by atoms with E-state index < -0.39 is 0 Å². The minimum Gasteiger partial charge on any atom is -0.505 e. The maximum absolute atomic E-state index is 12.1. The number of amides is 1. The molecule has 1 aliphatic heterocycles. The van der Waals surface area contributed by atoms with Gasteiger partial charge in [0.15, 0.2) is 0 Å². The molecule has 1 unspecified atom stereocenters. The molecule has 0 radical (unpaired) electrons. The molecule has 1 fully saturated rings. The maximum atomic E-state index is 12.1. The Bertz CT molecular complexity index is 395. The fourth-order valence-corrected chi connectivity index (χ4v) is 2.07. The third kappa shape index (κ3) is 1.86. The van der Waals surface area contributed by atoms with Crippen LogP contribution in [0.15, 0.2) is 18.5 Å². The zero-order valence-electron chi connectivity index (χ0n) is 8.97. The molecule has 1 saturated heterocycles. The summed E-state index contributed by atoms with van der Waals surface area (Å²) in [6.07, 6.45) is 4.69. The molecule has 5 nitrogen and oxygen atoms in total.